The van der Waals surface area contributed by atoms with Gasteiger partial charge >= 0.3 is 6.18 Å². The lowest BCUT2D eigenvalue weighted by Gasteiger charge is -2.15. The van der Waals surface area contributed by atoms with Crippen molar-refractivity contribution in [3.63, 3.8) is 0 Å². The van der Waals surface area contributed by atoms with Gasteiger partial charge in [-0.25, -0.2) is 0 Å². The highest BCUT2D eigenvalue weighted by atomic mass is 19.4. The molecule has 0 N–H and O–H groups in total. The molecule has 0 atom stereocenters. The molecule has 0 spiro atoms. The van der Waals surface area contributed by atoms with Crippen LogP contribution >= 0.6 is 0 Å². The lowest BCUT2D eigenvalue weighted by molar-refractivity contribution is -0.153. The number of alkyl halides is 3. The van der Waals surface area contributed by atoms with Crippen LogP contribution in [0, 0.1) is 0 Å². The molecule has 10 heteroatoms. The maximum absolute atomic E-state index is 13.9. The minimum atomic E-state index is -5.16. The maximum atomic E-state index is 13.9. The van der Waals surface area contributed by atoms with Gasteiger partial charge in [0.05, 0.1) is 32.5 Å². The molecule has 1 heterocycles. The number of methoxy groups -OCH3 is 3. The van der Waals surface area contributed by atoms with Gasteiger partial charge in [-0.3, -0.25) is 14.4 Å². The summed E-state index contributed by atoms with van der Waals surface area (Å²) >= 11 is 0. The van der Waals surface area contributed by atoms with Crippen molar-refractivity contribution >= 4 is 17.3 Å². The predicted molar refractivity (Wildman–Crippen MR) is 107 cm³/mol. The molecule has 0 saturated carbocycles. The quantitative estimate of drug-likeness (QED) is 0.410. The summed E-state index contributed by atoms with van der Waals surface area (Å²) < 4.78 is 61.9. The fraction of sp³-hybridized carbons (Fsp3) is 0.174. The maximum Gasteiger partial charge on any atom is 0.450 e. The van der Waals surface area contributed by atoms with Gasteiger partial charge in [-0.1, -0.05) is 24.3 Å². The Kier molecular flexibility index (Phi) is 5.23. The molecule has 4 rings (SSSR count). The third-order valence-corrected chi connectivity index (χ3v) is 5.17. The summed E-state index contributed by atoms with van der Waals surface area (Å²) in [6, 6.07) is 7.81. The van der Waals surface area contributed by atoms with Gasteiger partial charge in [0.15, 0.2) is 28.8 Å². The number of benzene rings is 2. The molecular formula is C23H15F3O7. The van der Waals surface area contributed by atoms with Crippen molar-refractivity contribution in [1.82, 2.24) is 0 Å². The number of halogens is 3. The third-order valence-electron chi connectivity index (χ3n) is 5.17. The van der Waals surface area contributed by atoms with Crippen LogP contribution in [0.1, 0.15) is 53.7 Å². The second-order valence-electron chi connectivity index (χ2n) is 6.96. The van der Waals surface area contributed by atoms with Crippen molar-refractivity contribution < 1.29 is 46.2 Å². The van der Waals surface area contributed by atoms with Gasteiger partial charge in [0, 0.05) is 16.7 Å². The topological polar surface area (TPSA) is 92.0 Å². The summed E-state index contributed by atoms with van der Waals surface area (Å²) in [5.41, 5.74) is -2.31. The van der Waals surface area contributed by atoms with E-state index >= 15 is 0 Å². The second-order valence-corrected chi connectivity index (χ2v) is 6.96. The Balaban J connectivity index is 1.99. The Morgan fingerprint density at radius 1 is 0.879 bits per heavy atom. The van der Waals surface area contributed by atoms with Crippen molar-refractivity contribution in [2.45, 2.75) is 6.18 Å². The first-order valence-electron chi connectivity index (χ1n) is 9.41. The molecule has 7 nitrogen and oxygen atoms in total. The summed E-state index contributed by atoms with van der Waals surface area (Å²) in [5.74, 6) is -5.47. The van der Waals surface area contributed by atoms with Crippen LogP contribution < -0.4 is 14.2 Å². The number of fused-ring (bicyclic) bond motifs is 2. The zero-order valence-corrected chi connectivity index (χ0v) is 17.5. The van der Waals surface area contributed by atoms with Crippen molar-refractivity contribution in [3.8, 4) is 17.2 Å². The summed E-state index contributed by atoms with van der Waals surface area (Å²) in [6.45, 7) is 0. The van der Waals surface area contributed by atoms with Gasteiger partial charge in [-0.15, -0.1) is 0 Å². The molecule has 1 aliphatic rings. The first-order valence-corrected chi connectivity index (χ1v) is 9.41. The molecule has 3 aromatic rings. The van der Waals surface area contributed by atoms with Gasteiger partial charge in [0.25, 0.3) is 0 Å². The van der Waals surface area contributed by atoms with Crippen molar-refractivity contribution in [2.75, 3.05) is 21.3 Å². The lowest BCUT2D eigenvalue weighted by atomic mass is 9.84. The second kappa shape index (κ2) is 7.80. The highest BCUT2D eigenvalue weighted by Crippen LogP contribution is 2.43. The zero-order chi connectivity index (χ0) is 24.1. The van der Waals surface area contributed by atoms with Gasteiger partial charge in [-0.2, -0.15) is 13.2 Å². The molecule has 1 aromatic heterocycles. The SMILES string of the molecule is COc1cc(C(=O)c2c(C(F)(F)F)oc3c2C(=O)c2ccccc2C3=O)cc(OC)c1OC. The summed E-state index contributed by atoms with van der Waals surface area (Å²) in [5, 5.41) is 0. The molecule has 0 radical (unpaired) electrons. The van der Waals surface area contributed by atoms with E-state index < -0.39 is 46.2 Å². The van der Waals surface area contributed by atoms with E-state index in [2.05, 4.69) is 0 Å². The Hall–Kier alpha value is -4.08. The van der Waals surface area contributed by atoms with Gasteiger partial charge in [0.1, 0.15) is 0 Å². The summed E-state index contributed by atoms with van der Waals surface area (Å²) in [7, 11) is 3.86. The van der Waals surface area contributed by atoms with Gasteiger partial charge in [0.2, 0.25) is 17.3 Å². The van der Waals surface area contributed by atoms with Crippen LogP contribution in [0.3, 0.4) is 0 Å². The molecule has 0 unspecified atom stereocenters. The van der Waals surface area contributed by atoms with Gasteiger partial charge in [-0.05, 0) is 12.1 Å². The van der Waals surface area contributed by atoms with Crippen molar-refractivity contribution in [2.24, 2.45) is 0 Å². The van der Waals surface area contributed by atoms with Crippen LogP contribution in [-0.4, -0.2) is 38.7 Å². The van der Waals surface area contributed by atoms with Crippen LogP contribution in [0.25, 0.3) is 0 Å². The number of ketones is 3. The number of furan rings is 1. The number of hydrogen-bond donors (Lipinski definition) is 0. The minimum Gasteiger partial charge on any atom is -0.493 e. The third kappa shape index (κ3) is 3.34. The van der Waals surface area contributed by atoms with Crippen LogP contribution in [0.4, 0.5) is 13.2 Å². The molecule has 2 aromatic carbocycles. The number of rotatable bonds is 5. The molecule has 0 aliphatic heterocycles. The highest BCUT2D eigenvalue weighted by Gasteiger charge is 2.47. The summed E-state index contributed by atoms with van der Waals surface area (Å²) in [6.07, 6.45) is -5.16. The van der Waals surface area contributed by atoms with Crippen LogP contribution in [0.5, 0.6) is 17.2 Å². The Bertz CT molecular complexity index is 1290. The monoisotopic (exact) mass is 460 g/mol. The predicted octanol–water partition coefficient (Wildman–Crippen LogP) is 4.33. The molecule has 0 fully saturated rings. The Morgan fingerprint density at radius 3 is 1.91 bits per heavy atom. The van der Waals surface area contributed by atoms with E-state index in [9.17, 15) is 27.6 Å². The normalized spacial score (nSPS) is 12.8. The molecule has 0 bridgehead atoms. The molecule has 33 heavy (non-hydrogen) atoms. The van der Waals surface area contributed by atoms with E-state index in [0.29, 0.717) is 0 Å². The number of ether oxygens (including phenoxy) is 3. The van der Waals surface area contributed by atoms with E-state index in [1.807, 2.05) is 0 Å². The largest absolute Gasteiger partial charge is 0.493 e. The molecular weight excluding hydrogens is 445 g/mol. The number of hydrogen-bond acceptors (Lipinski definition) is 7. The molecule has 0 saturated heterocycles. The smallest absolute Gasteiger partial charge is 0.450 e. The standard InChI is InChI=1S/C23H15F3O7/c1-30-13-8-10(9-14(31-2)20(13)32-3)17(27)16-15-18(28)11-6-4-5-7-12(11)19(29)21(15)33-22(16)23(24,25)26/h4-9H,1-3H3. The van der Waals surface area contributed by atoms with Crippen LogP contribution in [-0.2, 0) is 6.18 Å². The van der Waals surface area contributed by atoms with Gasteiger partial charge < -0.3 is 18.6 Å². The molecule has 0 amide bonds. The van der Waals surface area contributed by atoms with E-state index in [1.54, 1.807) is 0 Å². The molecule has 1 aliphatic carbocycles. The van der Waals surface area contributed by atoms with E-state index in [0.717, 1.165) is 12.1 Å². The average Bonchev–Trinajstić information content (AvgIpc) is 3.22. The highest BCUT2D eigenvalue weighted by molar-refractivity contribution is 6.31. The fourth-order valence-corrected chi connectivity index (χ4v) is 3.72. The molecule has 170 valence electrons. The van der Waals surface area contributed by atoms with Crippen molar-refractivity contribution in [1.29, 1.82) is 0 Å². The van der Waals surface area contributed by atoms with E-state index in [-0.39, 0.29) is 33.9 Å². The fourth-order valence-electron chi connectivity index (χ4n) is 3.72. The van der Waals surface area contributed by atoms with E-state index in [1.165, 1.54) is 45.6 Å². The Morgan fingerprint density at radius 2 is 1.42 bits per heavy atom. The lowest BCUT2D eigenvalue weighted by Crippen LogP contribution is -2.22. The Labute approximate surface area is 184 Å². The average molecular weight is 460 g/mol. The van der Waals surface area contributed by atoms with Crippen LogP contribution in [0.15, 0.2) is 40.8 Å². The number of carbonyl (C=O) groups is 3. The zero-order valence-electron chi connectivity index (χ0n) is 17.5. The van der Waals surface area contributed by atoms with Crippen LogP contribution in [0.2, 0.25) is 0 Å². The van der Waals surface area contributed by atoms with E-state index in [4.69, 9.17) is 18.6 Å². The van der Waals surface area contributed by atoms with Crippen molar-refractivity contribution in [3.05, 3.63) is 75.7 Å². The first-order chi connectivity index (χ1) is 15.6. The number of carbonyl (C=O) groups excluding carboxylic acids is 3. The first kappa shape index (κ1) is 22.1. The minimum absolute atomic E-state index is 0.0128. The summed E-state index contributed by atoms with van der Waals surface area (Å²) in [4.78, 5) is 39.3.